The molecule has 5 atom stereocenters. The number of benzene rings is 1. The molecule has 0 radical (unpaired) electrons. The van der Waals surface area contributed by atoms with Gasteiger partial charge in [-0.3, -0.25) is 9.69 Å². The van der Waals surface area contributed by atoms with Crippen LogP contribution in [0.25, 0.3) is 0 Å². The van der Waals surface area contributed by atoms with Gasteiger partial charge in [0, 0.05) is 31.7 Å². The molecule has 3 aliphatic heterocycles. The van der Waals surface area contributed by atoms with Crippen molar-refractivity contribution < 1.29 is 4.79 Å². The van der Waals surface area contributed by atoms with E-state index in [2.05, 4.69) is 60.9 Å². The van der Waals surface area contributed by atoms with Crippen LogP contribution in [0.1, 0.15) is 52.0 Å². The second-order valence-corrected chi connectivity index (χ2v) is 10.5. The van der Waals surface area contributed by atoms with Crippen molar-refractivity contribution in [2.75, 3.05) is 19.6 Å². The Bertz CT molecular complexity index is 683. The normalized spacial score (nSPS) is 31.9. The highest BCUT2D eigenvalue weighted by atomic mass is 16.2. The third-order valence-electron chi connectivity index (χ3n) is 7.34. The van der Waals surface area contributed by atoms with E-state index >= 15 is 0 Å². The second kappa shape index (κ2) is 7.79. The smallest absolute Gasteiger partial charge is 0.240 e. The summed E-state index contributed by atoms with van der Waals surface area (Å²) in [6.45, 7) is 9.14. The van der Waals surface area contributed by atoms with Crippen molar-refractivity contribution in [3.8, 4) is 0 Å². The number of fused-ring (bicyclic) bond motifs is 4. The Morgan fingerprint density at radius 1 is 1.14 bits per heavy atom. The fourth-order valence-corrected chi connectivity index (χ4v) is 5.76. The van der Waals surface area contributed by atoms with Gasteiger partial charge in [0.25, 0.3) is 0 Å². The minimum Gasteiger partial charge on any atom is -0.341 e. The van der Waals surface area contributed by atoms with Gasteiger partial charge in [0.1, 0.15) is 0 Å². The lowest BCUT2D eigenvalue weighted by Gasteiger charge is -2.55. The molecule has 4 rings (SSSR count). The largest absolute Gasteiger partial charge is 0.341 e. The fraction of sp³-hybridized carbons (Fsp3) is 0.708. The van der Waals surface area contributed by atoms with Gasteiger partial charge in [-0.2, -0.15) is 0 Å². The highest BCUT2D eigenvalue weighted by Crippen LogP contribution is 2.40. The topological polar surface area (TPSA) is 49.6 Å². The Kier molecular flexibility index (Phi) is 5.54. The SMILES string of the molecule is CC(C)(C)[C@H](N)C(=O)N1C[C@@H]2C[C@H](C1)[C@@H]1CCC[C@H](Cc3ccccc3)N1C2. The highest BCUT2D eigenvalue weighted by Gasteiger charge is 2.46. The van der Waals surface area contributed by atoms with Crippen LogP contribution >= 0.6 is 0 Å². The summed E-state index contributed by atoms with van der Waals surface area (Å²) in [5, 5.41) is 0. The first-order chi connectivity index (χ1) is 13.3. The molecule has 2 N–H and O–H groups in total. The maximum atomic E-state index is 13.0. The van der Waals surface area contributed by atoms with Crippen molar-refractivity contribution in [1.82, 2.24) is 9.80 Å². The average molecular weight is 384 g/mol. The van der Waals surface area contributed by atoms with Crippen LogP contribution in [-0.4, -0.2) is 53.5 Å². The van der Waals surface area contributed by atoms with E-state index in [1.165, 1.54) is 31.2 Å². The molecule has 3 fully saturated rings. The second-order valence-electron chi connectivity index (χ2n) is 10.5. The van der Waals surface area contributed by atoms with Crippen molar-refractivity contribution in [1.29, 1.82) is 0 Å². The van der Waals surface area contributed by atoms with Crippen LogP contribution in [-0.2, 0) is 11.2 Å². The molecule has 154 valence electrons. The molecule has 4 nitrogen and oxygen atoms in total. The van der Waals surface area contributed by atoms with Gasteiger partial charge in [-0.05, 0) is 48.5 Å². The number of hydrogen-bond donors (Lipinski definition) is 1. The molecule has 0 aliphatic carbocycles. The molecule has 3 saturated heterocycles. The van der Waals surface area contributed by atoms with Crippen LogP contribution in [0.2, 0.25) is 0 Å². The number of likely N-dealkylation sites (tertiary alicyclic amines) is 1. The van der Waals surface area contributed by atoms with Crippen molar-refractivity contribution >= 4 is 5.91 Å². The third kappa shape index (κ3) is 3.99. The summed E-state index contributed by atoms with van der Waals surface area (Å²) < 4.78 is 0. The van der Waals surface area contributed by atoms with Crippen LogP contribution < -0.4 is 5.73 Å². The number of hydrogen-bond acceptors (Lipinski definition) is 3. The van der Waals surface area contributed by atoms with Crippen LogP contribution in [0, 0.1) is 17.3 Å². The molecule has 1 amide bonds. The Hall–Kier alpha value is -1.39. The van der Waals surface area contributed by atoms with Crippen LogP contribution in [0.4, 0.5) is 0 Å². The lowest BCUT2D eigenvalue weighted by Crippen LogP contribution is -2.64. The molecule has 2 bridgehead atoms. The number of piperidine rings is 3. The zero-order valence-electron chi connectivity index (χ0n) is 17.8. The van der Waals surface area contributed by atoms with Gasteiger partial charge in [0.15, 0.2) is 0 Å². The predicted molar refractivity (Wildman–Crippen MR) is 114 cm³/mol. The van der Waals surface area contributed by atoms with E-state index in [0.29, 0.717) is 23.9 Å². The summed E-state index contributed by atoms with van der Waals surface area (Å²) in [4.78, 5) is 18.0. The standard InChI is InChI=1S/C24H37N3O/c1-24(2,3)22(25)23(28)26-14-18-12-19(16-26)21-11-7-10-20(27(21)15-18)13-17-8-5-4-6-9-17/h4-6,8-9,18-22H,7,10-16,25H2,1-3H3/t18-,19+,20+,21-,22+/m0/s1. The third-order valence-corrected chi connectivity index (χ3v) is 7.34. The summed E-state index contributed by atoms with van der Waals surface area (Å²) >= 11 is 0. The molecule has 0 saturated carbocycles. The van der Waals surface area contributed by atoms with E-state index < -0.39 is 6.04 Å². The maximum absolute atomic E-state index is 13.0. The van der Waals surface area contributed by atoms with E-state index in [-0.39, 0.29) is 11.3 Å². The lowest BCUT2D eigenvalue weighted by molar-refractivity contribution is -0.142. The summed E-state index contributed by atoms with van der Waals surface area (Å²) in [5.41, 5.74) is 7.59. The zero-order chi connectivity index (χ0) is 19.9. The summed E-state index contributed by atoms with van der Waals surface area (Å²) in [6.07, 6.45) is 6.36. The van der Waals surface area contributed by atoms with E-state index in [9.17, 15) is 4.79 Å². The highest BCUT2D eigenvalue weighted by molar-refractivity contribution is 5.82. The molecule has 28 heavy (non-hydrogen) atoms. The van der Waals surface area contributed by atoms with Crippen LogP contribution in [0.15, 0.2) is 30.3 Å². The number of nitrogens with two attached hydrogens (primary N) is 1. The van der Waals surface area contributed by atoms with Crippen molar-refractivity contribution in [3.05, 3.63) is 35.9 Å². The Morgan fingerprint density at radius 3 is 2.61 bits per heavy atom. The molecule has 3 aliphatic rings. The minimum absolute atomic E-state index is 0.160. The molecular formula is C24H37N3O. The first-order valence-electron chi connectivity index (χ1n) is 11.2. The molecule has 1 aromatic rings. The van der Waals surface area contributed by atoms with Gasteiger partial charge in [0.2, 0.25) is 5.91 Å². The van der Waals surface area contributed by atoms with Crippen LogP contribution in [0.3, 0.4) is 0 Å². The first-order valence-corrected chi connectivity index (χ1v) is 11.2. The molecule has 1 aromatic carbocycles. The Labute approximate surface area is 170 Å². The maximum Gasteiger partial charge on any atom is 0.240 e. The fourth-order valence-electron chi connectivity index (χ4n) is 5.76. The summed E-state index contributed by atoms with van der Waals surface area (Å²) in [6, 6.07) is 11.8. The number of carbonyl (C=O) groups is 1. The van der Waals surface area contributed by atoms with Gasteiger partial charge in [-0.25, -0.2) is 0 Å². The lowest BCUT2D eigenvalue weighted by atomic mass is 9.73. The Morgan fingerprint density at radius 2 is 1.89 bits per heavy atom. The molecular weight excluding hydrogens is 346 g/mol. The molecule has 0 unspecified atom stereocenters. The van der Waals surface area contributed by atoms with Crippen molar-refractivity contribution in [3.63, 3.8) is 0 Å². The zero-order valence-corrected chi connectivity index (χ0v) is 17.8. The van der Waals surface area contributed by atoms with Gasteiger partial charge in [-0.15, -0.1) is 0 Å². The van der Waals surface area contributed by atoms with Crippen molar-refractivity contribution in [2.45, 2.75) is 71.0 Å². The van der Waals surface area contributed by atoms with Gasteiger partial charge in [0.05, 0.1) is 6.04 Å². The monoisotopic (exact) mass is 383 g/mol. The molecule has 3 heterocycles. The number of rotatable bonds is 3. The molecule has 0 aromatic heterocycles. The van der Waals surface area contributed by atoms with Crippen molar-refractivity contribution in [2.24, 2.45) is 23.0 Å². The van der Waals surface area contributed by atoms with E-state index in [0.717, 1.165) is 26.1 Å². The summed E-state index contributed by atoms with van der Waals surface area (Å²) in [5.74, 6) is 1.37. The summed E-state index contributed by atoms with van der Waals surface area (Å²) in [7, 11) is 0. The average Bonchev–Trinajstić information content (AvgIpc) is 2.67. The van der Waals surface area contributed by atoms with E-state index in [4.69, 9.17) is 5.73 Å². The quantitative estimate of drug-likeness (QED) is 0.871. The Balaban J connectivity index is 1.46. The van der Waals surface area contributed by atoms with Gasteiger partial charge in [-0.1, -0.05) is 57.5 Å². The van der Waals surface area contributed by atoms with Gasteiger partial charge < -0.3 is 10.6 Å². The first kappa shape index (κ1) is 19.9. The number of amides is 1. The van der Waals surface area contributed by atoms with E-state index in [1.807, 2.05) is 0 Å². The number of carbonyl (C=O) groups excluding carboxylic acids is 1. The molecule has 4 heteroatoms. The number of nitrogens with zero attached hydrogens (tertiary/aromatic N) is 2. The predicted octanol–water partition coefficient (Wildman–Crippen LogP) is 3.30. The van der Waals surface area contributed by atoms with E-state index in [1.54, 1.807) is 0 Å². The van der Waals surface area contributed by atoms with Gasteiger partial charge >= 0.3 is 0 Å². The van der Waals surface area contributed by atoms with Crippen LogP contribution in [0.5, 0.6) is 0 Å². The molecule has 0 spiro atoms. The minimum atomic E-state index is -0.403.